The van der Waals surface area contributed by atoms with Gasteiger partial charge in [-0.05, 0) is 167 Å². The van der Waals surface area contributed by atoms with E-state index in [0.29, 0.717) is 58.9 Å². The predicted octanol–water partition coefficient (Wildman–Crippen LogP) is 10.5. The van der Waals surface area contributed by atoms with E-state index in [4.69, 9.17) is 44.0 Å². The molecule has 0 spiro atoms. The number of fused-ring (bicyclic) bond motifs is 2. The van der Waals surface area contributed by atoms with E-state index in [0.717, 1.165) is 107 Å². The third-order valence-corrected chi connectivity index (χ3v) is 15.9. The molecule has 3 amide bonds. The lowest BCUT2D eigenvalue weighted by Crippen LogP contribution is -2.51. The molecule has 4 aromatic heterocycles. The minimum absolute atomic E-state index is 0. The Morgan fingerprint density at radius 2 is 1.19 bits per heavy atom. The van der Waals surface area contributed by atoms with Gasteiger partial charge in [0, 0.05) is 76.6 Å². The van der Waals surface area contributed by atoms with E-state index in [1.807, 2.05) is 109 Å². The number of hydrogen-bond donors (Lipinski definition) is 10. The number of aliphatic carboxylic acids is 1. The van der Waals surface area contributed by atoms with E-state index in [1.54, 1.807) is 53.6 Å². The molecular formula is C64H79Cl3N16O6. The van der Waals surface area contributed by atoms with Crippen LogP contribution in [0, 0.1) is 13.8 Å². The van der Waals surface area contributed by atoms with Gasteiger partial charge in [0.15, 0.2) is 0 Å². The first kappa shape index (κ1) is 68.2. The number of anilines is 4. The monoisotopic (exact) mass is 1270 g/mol. The van der Waals surface area contributed by atoms with Crippen molar-refractivity contribution in [1.29, 1.82) is 0 Å². The molecule has 2 aliphatic carbocycles. The number of carboxylic acids is 1. The second-order valence-electron chi connectivity index (χ2n) is 23.7. The Morgan fingerprint density at radius 3 is 1.65 bits per heavy atom. The Hall–Kier alpha value is -8.25. The molecule has 4 aromatic carbocycles. The van der Waals surface area contributed by atoms with E-state index < -0.39 is 17.6 Å². The summed E-state index contributed by atoms with van der Waals surface area (Å²) in [6.07, 6.45) is 12.5. The summed E-state index contributed by atoms with van der Waals surface area (Å²) >= 11 is 12.5. The molecular weight excluding hydrogens is 1200 g/mol. The minimum atomic E-state index is -0.892. The van der Waals surface area contributed by atoms with Gasteiger partial charge in [0.2, 0.25) is 17.8 Å². The smallest absolute Gasteiger partial charge is 0.328 e. The summed E-state index contributed by atoms with van der Waals surface area (Å²) in [7, 11) is 7.41. The number of halogens is 3. The molecule has 0 aliphatic heterocycles. The molecule has 472 valence electrons. The summed E-state index contributed by atoms with van der Waals surface area (Å²) in [5.41, 5.74) is 13.7. The molecule has 0 radical (unpaired) electrons. The van der Waals surface area contributed by atoms with Gasteiger partial charge in [0.05, 0.1) is 56.4 Å². The third-order valence-electron chi connectivity index (χ3n) is 15.3. The molecule has 2 fully saturated rings. The van der Waals surface area contributed by atoms with Crippen LogP contribution in [-0.2, 0) is 9.59 Å². The zero-order valence-electron chi connectivity index (χ0n) is 51.2. The van der Waals surface area contributed by atoms with E-state index in [-0.39, 0.29) is 59.2 Å². The number of rotatable bonds is 18. The zero-order valence-corrected chi connectivity index (χ0v) is 53.6. The molecule has 1 unspecified atom stereocenters. The van der Waals surface area contributed by atoms with Crippen molar-refractivity contribution in [1.82, 2.24) is 60.8 Å². The van der Waals surface area contributed by atoms with Gasteiger partial charge >= 0.3 is 5.97 Å². The summed E-state index contributed by atoms with van der Waals surface area (Å²) in [5.74, 6) is -0.561. The van der Waals surface area contributed by atoms with Crippen LogP contribution in [0.1, 0.15) is 103 Å². The molecule has 25 heteroatoms. The number of aromatic amines is 2. The lowest BCUT2D eigenvalue weighted by Gasteiger charge is -2.39. The van der Waals surface area contributed by atoms with Crippen LogP contribution in [0.4, 0.5) is 23.3 Å². The van der Waals surface area contributed by atoms with Crippen LogP contribution in [0.3, 0.4) is 0 Å². The number of amides is 3. The Labute approximate surface area is 534 Å². The number of carbonyl (C=O) groups is 4. The number of nitrogen functional groups attached to an aromatic ring is 1. The number of aromatic nitrogens is 8. The zero-order chi connectivity index (χ0) is 63.3. The number of benzene rings is 4. The van der Waals surface area contributed by atoms with Crippen LogP contribution in [0.2, 0.25) is 10.0 Å². The van der Waals surface area contributed by atoms with Gasteiger partial charge in [0.25, 0.3) is 11.8 Å². The van der Waals surface area contributed by atoms with Crippen molar-refractivity contribution >= 4 is 104 Å². The summed E-state index contributed by atoms with van der Waals surface area (Å²) in [6, 6.07) is 25.9. The first-order chi connectivity index (χ1) is 41.9. The van der Waals surface area contributed by atoms with E-state index in [2.05, 4.69) is 63.9 Å². The molecule has 5 atom stereocenters. The van der Waals surface area contributed by atoms with E-state index in [9.17, 15) is 24.3 Å². The van der Waals surface area contributed by atoms with Gasteiger partial charge in [-0.2, -0.15) is 10.2 Å². The number of para-hydroxylation sites is 2. The molecule has 2 saturated carbocycles. The maximum Gasteiger partial charge on any atom is 0.328 e. The summed E-state index contributed by atoms with van der Waals surface area (Å²) in [5, 5.41) is 52.1. The van der Waals surface area contributed by atoms with Crippen LogP contribution < -0.4 is 32.3 Å². The highest BCUT2D eigenvalue weighted by atomic mass is 35.5. The number of hydrogen-bond acceptors (Lipinski definition) is 16. The van der Waals surface area contributed by atoms with Gasteiger partial charge in [-0.1, -0.05) is 65.7 Å². The summed E-state index contributed by atoms with van der Waals surface area (Å²) in [6.45, 7) is 9.13. The molecule has 22 nitrogen and oxygen atoms in total. The topological polar surface area (TPSA) is 310 Å². The number of carboxylic acid groups (broad SMARTS) is 1. The van der Waals surface area contributed by atoms with Crippen molar-refractivity contribution < 1.29 is 29.4 Å². The van der Waals surface area contributed by atoms with E-state index >= 15 is 0 Å². The molecule has 0 bridgehead atoms. The standard InChI is InChI=1S/C32H39ClN8O3.C26H28ClN7O.C6H11NO2.ClH/c1-19-17-34-31(37-28(19)29-23-9-5-6-10-25(23)39-40-29)35-21-8-7-13-32(2,16-21)38-30(44)20-11-12-26(24(33)14-20)36-27(43)15-22(42)18-41(3)4;1-15-14-29-25(31-22(15)23-18-7-3-4-8-21(18)33-34-23)30-17-6-5-11-26(2,13-17)32-24(35)16-9-10-20(28)19(27)12-16;1-7(2)5-3-4-6(8)9;/h5-6,9-12,14,17,21-22,42H,7-8,13,15-16,18H2,1-4H3,(H,36,43)(H,38,44)(H,39,40)(H,34,35,37);3-4,7-10,12,14,17H,5-6,11,13,28H2,1-2H3,(H,32,35)(H,33,34)(H,29,30,31);3-4H,5H2,1-2H3,(H,8,9);1H/b;;4-3+;/t21-,22?,32+;17-,26+;;/m11../s1. The van der Waals surface area contributed by atoms with E-state index in [1.165, 1.54) is 0 Å². The number of nitrogens with one attached hydrogen (secondary N) is 7. The highest BCUT2D eigenvalue weighted by Gasteiger charge is 2.36. The molecule has 89 heavy (non-hydrogen) atoms. The number of nitrogens with two attached hydrogens (primary N) is 1. The summed E-state index contributed by atoms with van der Waals surface area (Å²) in [4.78, 5) is 70.8. The maximum absolute atomic E-state index is 13.3. The van der Waals surface area contributed by atoms with Gasteiger partial charge in [0.1, 0.15) is 11.4 Å². The SMILES string of the molecule is CN(C)C/C=C/C(=O)O.Cc1cnc(N[C@@H]2CCC[C@](C)(NC(=O)c3ccc(N)c(Cl)c3)C2)nc1-c1n[nH]c2ccccc12.Cc1cnc(N[C@@H]2CCC[C@](C)(NC(=O)c3ccc(NC(=O)CC(O)CN(C)C)c(Cl)c3)C2)nc1-c1n[nH]c2ccccc12.Cl. The fourth-order valence-electron chi connectivity index (χ4n) is 11.0. The average molecular weight is 1270 g/mol. The molecule has 11 N–H and O–H groups in total. The van der Waals surface area contributed by atoms with Crippen molar-refractivity contribution in [3.8, 4) is 22.8 Å². The number of likely N-dealkylation sites (N-methyl/N-ethyl adjacent to an activating group) is 2. The van der Waals surface area contributed by atoms with Crippen LogP contribution in [0.15, 0.2) is 109 Å². The van der Waals surface area contributed by atoms with Crippen LogP contribution in [0.5, 0.6) is 0 Å². The fraction of sp³-hybridized carbons (Fsp3) is 0.375. The largest absolute Gasteiger partial charge is 0.478 e. The normalized spacial score (nSPS) is 18.4. The number of H-pyrrole nitrogens is 2. The average Bonchev–Trinajstić information content (AvgIpc) is 1.98. The Kier molecular flexibility index (Phi) is 23.6. The molecule has 8 aromatic rings. The van der Waals surface area contributed by atoms with Crippen molar-refractivity contribution in [2.24, 2.45) is 0 Å². The highest BCUT2D eigenvalue weighted by molar-refractivity contribution is 6.34. The molecule has 0 saturated heterocycles. The van der Waals surface area contributed by atoms with Crippen molar-refractivity contribution in [2.45, 2.75) is 115 Å². The summed E-state index contributed by atoms with van der Waals surface area (Å²) < 4.78 is 0. The van der Waals surface area contributed by atoms with Crippen LogP contribution >= 0.6 is 35.6 Å². The highest BCUT2D eigenvalue weighted by Crippen LogP contribution is 2.35. The Morgan fingerprint density at radius 1 is 0.708 bits per heavy atom. The van der Waals surface area contributed by atoms with Gasteiger partial charge in [-0.25, -0.2) is 24.7 Å². The minimum Gasteiger partial charge on any atom is -0.478 e. The third kappa shape index (κ3) is 18.9. The fourth-order valence-corrected chi connectivity index (χ4v) is 11.4. The van der Waals surface area contributed by atoms with Crippen molar-refractivity contribution in [3.05, 3.63) is 142 Å². The molecule has 4 heterocycles. The number of aryl methyl sites for hydroxylation is 2. The predicted molar refractivity (Wildman–Crippen MR) is 355 cm³/mol. The van der Waals surface area contributed by atoms with Gasteiger partial charge in [-0.3, -0.25) is 24.6 Å². The van der Waals surface area contributed by atoms with Crippen LogP contribution in [-0.4, -0.2) is 155 Å². The first-order valence-electron chi connectivity index (χ1n) is 29.2. The van der Waals surface area contributed by atoms with Crippen molar-refractivity contribution in [2.75, 3.05) is 63.0 Å². The maximum atomic E-state index is 13.3. The number of carbonyl (C=O) groups excluding carboxylic acids is 3. The Balaban J connectivity index is 0.000000224. The lowest BCUT2D eigenvalue weighted by molar-refractivity contribution is -0.131. The first-order valence-corrected chi connectivity index (χ1v) is 29.9. The lowest BCUT2D eigenvalue weighted by atomic mass is 9.80. The van der Waals surface area contributed by atoms with Gasteiger partial charge in [-0.15, -0.1) is 12.4 Å². The second-order valence-corrected chi connectivity index (χ2v) is 24.5. The molecule has 10 rings (SSSR count). The number of aliphatic hydroxyl groups excluding tert-OH is 1. The van der Waals surface area contributed by atoms with Crippen molar-refractivity contribution in [3.63, 3.8) is 0 Å². The molecule has 2 aliphatic rings. The van der Waals surface area contributed by atoms with Crippen LogP contribution in [0.25, 0.3) is 44.6 Å². The Bertz CT molecular complexity index is 3800. The van der Waals surface area contributed by atoms with Gasteiger partial charge < -0.3 is 52.3 Å². The number of aliphatic hydroxyl groups is 1. The second kappa shape index (κ2) is 30.8. The number of nitrogens with zero attached hydrogens (tertiary/aromatic N) is 8. The quantitative estimate of drug-likeness (QED) is 0.0282.